The van der Waals surface area contributed by atoms with Gasteiger partial charge < -0.3 is 10.8 Å². The summed E-state index contributed by atoms with van der Waals surface area (Å²) < 4.78 is 25.6. The summed E-state index contributed by atoms with van der Waals surface area (Å²) in [5.74, 6) is -0.0877. The Morgan fingerprint density at radius 2 is 2.07 bits per heavy atom. The third kappa shape index (κ3) is 1.29. The highest BCUT2D eigenvalue weighted by molar-refractivity contribution is 7.18. The molecule has 0 aliphatic heterocycles. The van der Waals surface area contributed by atoms with Gasteiger partial charge in [0.25, 0.3) is 6.43 Å². The van der Waals surface area contributed by atoms with E-state index in [0.717, 1.165) is 11.3 Å². The maximum absolute atomic E-state index is 12.5. The first-order chi connectivity index (χ1) is 6.59. The molecule has 2 nitrogen and oxygen atoms in total. The van der Waals surface area contributed by atoms with Crippen molar-refractivity contribution in [2.75, 3.05) is 5.73 Å². The number of hydrogen-bond acceptors (Lipinski definition) is 3. The molecule has 1 aromatic carbocycles. The number of nitrogens with two attached hydrogens (primary N) is 1. The van der Waals surface area contributed by atoms with Crippen LogP contribution in [0.5, 0.6) is 5.75 Å². The molecule has 0 spiro atoms. The van der Waals surface area contributed by atoms with Crippen molar-refractivity contribution in [1.29, 1.82) is 0 Å². The molecule has 1 heterocycles. The Hall–Kier alpha value is -1.36. The minimum absolute atomic E-state index is 0.0763. The number of rotatable bonds is 1. The number of fused-ring (bicyclic) bond motifs is 1. The van der Waals surface area contributed by atoms with Gasteiger partial charge in [0.1, 0.15) is 5.75 Å². The number of phenols is 1. The van der Waals surface area contributed by atoms with Crippen LogP contribution in [0.4, 0.5) is 14.5 Å². The van der Waals surface area contributed by atoms with Gasteiger partial charge in [0.15, 0.2) is 0 Å². The molecule has 0 saturated carbocycles. The number of hydrogen-bond donors (Lipinski definition) is 2. The summed E-state index contributed by atoms with van der Waals surface area (Å²) in [6.07, 6.45) is -2.54. The quantitative estimate of drug-likeness (QED) is 0.718. The second-order valence-corrected chi connectivity index (χ2v) is 3.78. The van der Waals surface area contributed by atoms with Gasteiger partial charge >= 0.3 is 0 Å². The number of thiophene rings is 1. The number of benzene rings is 1. The largest absolute Gasteiger partial charge is 0.508 e. The fourth-order valence-electron chi connectivity index (χ4n) is 1.34. The molecule has 0 aliphatic carbocycles. The second-order valence-electron chi connectivity index (χ2n) is 2.90. The van der Waals surface area contributed by atoms with Gasteiger partial charge in [-0.25, -0.2) is 8.78 Å². The van der Waals surface area contributed by atoms with E-state index in [0.29, 0.717) is 15.8 Å². The van der Waals surface area contributed by atoms with Crippen LogP contribution in [0.1, 0.15) is 12.0 Å². The summed E-state index contributed by atoms with van der Waals surface area (Å²) >= 11 is 1.16. The number of phenolic OH excluding ortho intramolecular Hbond substituents is 1. The molecule has 0 atom stereocenters. The summed E-state index contributed by atoms with van der Waals surface area (Å²) in [6.45, 7) is 0. The number of nitrogen functional groups attached to an aromatic ring is 1. The van der Waals surface area contributed by atoms with Gasteiger partial charge in [0.05, 0.1) is 10.4 Å². The lowest BCUT2D eigenvalue weighted by atomic mass is 10.1. The van der Waals surface area contributed by atoms with E-state index in [4.69, 9.17) is 5.73 Å². The zero-order valence-electron chi connectivity index (χ0n) is 7.00. The fraction of sp³-hybridized carbons (Fsp3) is 0.111. The molecule has 0 radical (unpaired) electrons. The third-order valence-corrected chi connectivity index (χ3v) is 3.02. The first kappa shape index (κ1) is 9.21. The monoisotopic (exact) mass is 215 g/mol. The normalized spacial score (nSPS) is 11.4. The maximum Gasteiger partial charge on any atom is 0.265 e. The number of halogens is 2. The lowest BCUT2D eigenvalue weighted by molar-refractivity contribution is 0.153. The maximum atomic E-state index is 12.5. The number of anilines is 1. The van der Waals surface area contributed by atoms with Crippen molar-refractivity contribution >= 4 is 27.1 Å². The Bertz CT molecular complexity index is 481. The summed E-state index contributed by atoms with van der Waals surface area (Å²) in [5.41, 5.74) is 5.83. The summed E-state index contributed by atoms with van der Waals surface area (Å²) in [6, 6.07) is 2.66. The molecule has 0 saturated heterocycles. The highest BCUT2D eigenvalue weighted by atomic mass is 32.1. The molecule has 3 N–H and O–H groups in total. The predicted octanol–water partition coefficient (Wildman–Crippen LogP) is 3.13. The van der Waals surface area contributed by atoms with Crippen LogP contribution in [0.25, 0.3) is 10.1 Å². The molecule has 0 bridgehead atoms. The van der Waals surface area contributed by atoms with Crippen molar-refractivity contribution in [3.63, 3.8) is 0 Å². The lowest BCUT2D eigenvalue weighted by Gasteiger charge is -2.00. The van der Waals surface area contributed by atoms with E-state index in [9.17, 15) is 13.9 Å². The van der Waals surface area contributed by atoms with E-state index in [-0.39, 0.29) is 11.3 Å². The average molecular weight is 215 g/mol. The SMILES string of the molecule is Nc1cc(O)cc2c(C(F)F)csc12. The molecule has 2 rings (SSSR count). The molecule has 1 aromatic heterocycles. The standard InChI is InChI=1S/C9H7F2NOS/c10-9(11)6-3-14-8-5(6)1-4(13)2-7(8)12/h1-3,9,13H,12H2. The van der Waals surface area contributed by atoms with Crippen LogP contribution in [-0.4, -0.2) is 5.11 Å². The molecule has 14 heavy (non-hydrogen) atoms. The number of aromatic hydroxyl groups is 1. The highest BCUT2D eigenvalue weighted by Gasteiger charge is 2.15. The Kier molecular flexibility index (Phi) is 2.03. The van der Waals surface area contributed by atoms with Crippen LogP contribution >= 0.6 is 11.3 Å². The Balaban J connectivity index is 2.78. The average Bonchev–Trinajstić information content (AvgIpc) is 2.47. The molecule has 5 heteroatoms. The summed E-state index contributed by atoms with van der Waals surface area (Å²) in [7, 11) is 0. The van der Waals surface area contributed by atoms with Crippen LogP contribution < -0.4 is 5.73 Å². The van der Waals surface area contributed by atoms with Crippen molar-refractivity contribution in [2.24, 2.45) is 0 Å². The van der Waals surface area contributed by atoms with Gasteiger partial charge in [0, 0.05) is 22.4 Å². The number of alkyl halides is 2. The smallest absolute Gasteiger partial charge is 0.265 e. The molecule has 0 unspecified atom stereocenters. The Labute approximate surface area is 82.6 Å². The molecular weight excluding hydrogens is 208 g/mol. The van der Waals surface area contributed by atoms with Crippen LogP contribution in [0.15, 0.2) is 17.5 Å². The topological polar surface area (TPSA) is 46.2 Å². The van der Waals surface area contributed by atoms with Gasteiger partial charge in [-0.1, -0.05) is 0 Å². The predicted molar refractivity (Wildman–Crippen MR) is 52.9 cm³/mol. The lowest BCUT2D eigenvalue weighted by Crippen LogP contribution is -1.85. The molecule has 0 amide bonds. The first-order valence-corrected chi connectivity index (χ1v) is 4.75. The minimum Gasteiger partial charge on any atom is -0.508 e. The Morgan fingerprint density at radius 3 is 2.71 bits per heavy atom. The Morgan fingerprint density at radius 1 is 1.36 bits per heavy atom. The first-order valence-electron chi connectivity index (χ1n) is 3.87. The van der Waals surface area contributed by atoms with E-state index < -0.39 is 6.43 Å². The zero-order chi connectivity index (χ0) is 10.3. The van der Waals surface area contributed by atoms with Crippen LogP contribution in [-0.2, 0) is 0 Å². The zero-order valence-corrected chi connectivity index (χ0v) is 7.81. The van der Waals surface area contributed by atoms with E-state index in [1.54, 1.807) is 0 Å². The van der Waals surface area contributed by atoms with Crippen molar-refractivity contribution in [1.82, 2.24) is 0 Å². The van der Waals surface area contributed by atoms with Crippen molar-refractivity contribution in [3.05, 3.63) is 23.1 Å². The van der Waals surface area contributed by atoms with Gasteiger partial charge in [-0.2, -0.15) is 0 Å². The van der Waals surface area contributed by atoms with E-state index in [1.807, 2.05) is 0 Å². The molecule has 2 aromatic rings. The molecule has 74 valence electrons. The van der Waals surface area contributed by atoms with Gasteiger partial charge in [-0.3, -0.25) is 0 Å². The van der Waals surface area contributed by atoms with Gasteiger partial charge in [0.2, 0.25) is 0 Å². The van der Waals surface area contributed by atoms with E-state index in [1.165, 1.54) is 17.5 Å². The molecule has 0 aliphatic rings. The molecule has 0 fully saturated rings. The van der Waals surface area contributed by atoms with E-state index in [2.05, 4.69) is 0 Å². The van der Waals surface area contributed by atoms with Gasteiger partial charge in [-0.05, 0) is 6.07 Å². The van der Waals surface area contributed by atoms with Crippen LogP contribution in [0.2, 0.25) is 0 Å². The fourth-order valence-corrected chi connectivity index (χ4v) is 2.31. The van der Waals surface area contributed by atoms with Crippen molar-refractivity contribution < 1.29 is 13.9 Å². The second kappa shape index (κ2) is 3.09. The van der Waals surface area contributed by atoms with Crippen LogP contribution in [0, 0.1) is 0 Å². The van der Waals surface area contributed by atoms with Crippen molar-refractivity contribution in [2.45, 2.75) is 6.43 Å². The summed E-state index contributed by atoms with van der Waals surface area (Å²) in [5, 5.41) is 10.9. The summed E-state index contributed by atoms with van der Waals surface area (Å²) in [4.78, 5) is 0. The van der Waals surface area contributed by atoms with Crippen LogP contribution in [0.3, 0.4) is 0 Å². The van der Waals surface area contributed by atoms with Crippen molar-refractivity contribution in [3.8, 4) is 5.75 Å². The highest BCUT2D eigenvalue weighted by Crippen LogP contribution is 2.38. The molecular formula is C9H7F2NOS. The third-order valence-electron chi connectivity index (χ3n) is 1.95. The van der Waals surface area contributed by atoms with E-state index >= 15 is 0 Å². The van der Waals surface area contributed by atoms with Gasteiger partial charge in [-0.15, -0.1) is 11.3 Å². The minimum atomic E-state index is -2.54.